The predicted molar refractivity (Wildman–Crippen MR) is 109 cm³/mol. The summed E-state index contributed by atoms with van der Waals surface area (Å²) >= 11 is 12.4. The maximum atomic E-state index is 10.6. The van der Waals surface area contributed by atoms with Crippen LogP contribution in [-0.2, 0) is 20.0 Å². The second kappa shape index (κ2) is 7.64. The van der Waals surface area contributed by atoms with Gasteiger partial charge in [0.2, 0.25) is 0 Å². The third-order valence-electron chi connectivity index (χ3n) is 5.11. The zero-order valence-electron chi connectivity index (χ0n) is 15.1. The molecular weight excluding hydrogens is 381 g/mol. The molecule has 1 atom stereocenters. The molecule has 0 spiro atoms. The van der Waals surface area contributed by atoms with E-state index >= 15 is 0 Å². The lowest BCUT2D eigenvalue weighted by atomic mass is 10.1. The van der Waals surface area contributed by atoms with Crippen molar-refractivity contribution in [3.05, 3.63) is 75.5 Å². The number of nitrogens with zero attached hydrogens (tertiary/aromatic N) is 3. The van der Waals surface area contributed by atoms with E-state index in [0.717, 1.165) is 35.6 Å². The van der Waals surface area contributed by atoms with Crippen LogP contribution < -0.4 is 0 Å². The van der Waals surface area contributed by atoms with Crippen LogP contribution in [0.2, 0.25) is 10.0 Å². The van der Waals surface area contributed by atoms with Gasteiger partial charge in [-0.25, -0.2) is 4.98 Å². The first-order valence-corrected chi connectivity index (χ1v) is 9.74. The maximum Gasteiger partial charge on any atom is 0.141 e. The lowest BCUT2D eigenvalue weighted by Crippen LogP contribution is -2.34. The monoisotopic (exact) mass is 401 g/mol. The van der Waals surface area contributed by atoms with Gasteiger partial charge in [0.25, 0.3) is 0 Å². The Morgan fingerprint density at radius 2 is 1.96 bits per heavy atom. The molecule has 3 aromatic rings. The van der Waals surface area contributed by atoms with E-state index in [1.165, 1.54) is 5.69 Å². The van der Waals surface area contributed by atoms with Gasteiger partial charge >= 0.3 is 0 Å². The standard InChI is InChI=1S/C21H21Cl2N3O/c1-25-19-9-10-26(13-20(27)14-5-4-6-15(22)11-14)12-18(19)24-21(25)16-7-2-3-8-17(16)23/h2-8,11,20,27H,9-10,12-13H2,1H3. The van der Waals surface area contributed by atoms with Crippen molar-refractivity contribution in [2.45, 2.75) is 19.1 Å². The van der Waals surface area contributed by atoms with Crippen molar-refractivity contribution in [1.82, 2.24) is 14.5 Å². The Bertz CT molecular complexity index is 970. The van der Waals surface area contributed by atoms with Crippen LogP contribution in [0, 0.1) is 0 Å². The van der Waals surface area contributed by atoms with E-state index in [9.17, 15) is 5.11 Å². The molecule has 0 saturated carbocycles. The number of aliphatic hydroxyl groups is 1. The number of halogens is 2. The molecule has 2 aromatic carbocycles. The number of benzene rings is 2. The molecule has 0 fully saturated rings. The van der Waals surface area contributed by atoms with Crippen molar-refractivity contribution < 1.29 is 5.11 Å². The molecule has 0 radical (unpaired) electrons. The molecule has 0 aliphatic carbocycles. The highest BCUT2D eigenvalue weighted by Gasteiger charge is 2.25. The SMILES string of the molecule is Cn1c(-c2ccccc2Cl)nc2c1CCN(CC(O)c1cccc(Cl)c1)C2. The number of imidazole rings is 1. The molecule has 0 bridgehead atoms. The summed E-state index contributed by atoms with van der Waals surface area (Å²) < 4.78 is 2.14. The highest BCUT2D eigenvalue weighted by molar-refractivity contribution is 6.33. The molecule has 1 aromatic heterocycles. The summed E-state index contributed by atoms with van der Waals surface area (Å²) in [6.45, 7) is 2.15. The fourth-order valence-corrected chi connectivity index (χ4v) is 4.10. The Balaban J connectivity index is 1.54. The first-order valence-electron chi connectivity index (χ1n) is 8.98. The normalized spacial score (nSPS) is 15.6. The second-order valence-corrected chi connectivity index (χ2v) is 7.77. The van der Waals surface area contributed by atoms with Crippen molar-refractivity contribution >= 4 is 23.2 Å². The van der Waals surface area contributed by atoms with E-state index in [4.69, 9.17) is 28.2 Å². The van der Waals surface area contributed by atoms with Gasteiger partial charge in [-0.3, -0.25) is 4.90 Å². The molecule has 1 N–H and O–H groups in total. The van der Waals surface area contributed by atoms with Crippen LogP contribution in [0.3, 0.4) is 0 Å². The van der Waals surface area contributed by atoms with Gasteiger partial charge in [-0.2, -0.15) is 0 Å². The summed E-state index contributed by atoms with van der Waals surface area (Å²) in [7, 11) is 2.04. The maximum absolute atomic E-state index is 10.6. The lowest BCUT2D eigenvalue weighted by molar-refractivity contribution is 0.105. The van der Waals surface area contributed by atoms with E-state index in [2.05, 4.69) is 9.47 Å². The second-order valence-electron chi connectivity index (χ2n) is 6.92. The Morgan fingerprint density at radius 3 is 2.74 bits per heavy atom. The van der Waals surface area contributed by atoms with Gasteiger partial charge in [-0.05, 0) is 29.8 Å². The van der Waals surface area contributed by atoms with Crippen molar-refractivity contribution in [2.75, 3.05) is 13.1 Å². The first-order chi connectivity index (χ1) is 13.0. The largest absolute Gasteiger partial charge is 0.387 e. The van der Waals surface area contributed by atoms with Gasteiger partial charge in [0.05, 0.1) is 16.8 Å². The van der Waals surface area contributed by atoms with Gasteiger partial charge in [-0.1, -0.05) is 47.5 Å². The molecule has 27 heavy (non-hydrogen) atoms. The molecular formula is C21H21Cl2N3O. The number of β-amino-alcohol motifs (C(OH)–C–C–N with tert-alkyl or cyclic N) is 1. The van der Waals surface area contributed by atoms with Crippen LogP contribution in [0.15, 0.2) is 48.5 Å². The van der Waals surface area contributed by atoms with Crippen molar-refractivity contribution in [1.29, 1.82) is 0 Å². The first kappa shape index (κ1) is 18.5. The van der Waals surface area contributed by atoms with Crippen LogP contribution in [0.5, 0.6) is 0 Å². The summed E-state index contributed by atoms with van der Waals surface area (Å²) in [5.41, 5.74) is 4.07. The number of rotatable bonds is 4. The van der Waals surface area contributed by atoms with Gasteiger partial charge in [0, 0.05) is 49.4 Å². The average molecular weight is 402 g/mol. The predicted octanol–water partition coefficient (Wildman–Crippen LogP) is 4.49. The average Bonchev–Trinajstić information content (AvgIpc) is 2.98. The molecule has 0 amide bonds. The summed E-state index contributed by atoms with van der Waals surface area (Å²) in [5, 5.41) is 11.9. The molecule has 140 valence electrons. The molecule has 1 aliphatic rings. The van der Waals surface area contributed by atoms with Crippen LogP contribution in [0.1, 0.15) is 23.1 Å². The molecule has 0 saturated heterocycles. The quantitative estimate of drug-likeness (QED) is 0.700. The number of aliphatic hydroxyl groups excluding tert-OH is 1. The molecule has 2 heterocycles. The molecule has 4 nitrogen and oxygen atoms in total. The highest BCUT2D eigenvalue weighted by atomic mass is 35.5. The summed E-state index contributed by atoms with van der Waals surface area (Å²) in [6.07, 6.45) is 0.322. The third-order valence-corrected chi connectivity index (χ3v) is 5.68. The lowest BCUT2D eigenvalue weighted by Gasteiger charge is -2.28. The number of fused-ring (bicyclic) bond motifs is 1. The van der Waals surface area contributed by atoms with Crippen LogP contribution in [0.4, 0.5) is 0 Å². The highest BCUT2D eigenvalue weighted by Crippen LogP contribution is 2.30. The number of hydrogen-bond acceptors (Lipinski definition) is 3. The van der Waals surface area contributed by atoms with Gasteiger partial charge in [0.1, 0.15) is 5.82 Å². The smallest absolute Gasteiger partial charge is 0.141 e. The molecule has 4 rings (SSSR count). The topological polar surface area (TPSA) is 41.3 Å². The minimum atomic E-state index is -0.572. The number of hydrogen-bond donors (Lipinski definition) is 1. The Hall–Kier alpha value is -1.85. The Kier molecular flexibility index (Phi) is 5.24. The van der Waals surface area contributed by atoms with E-state index in [1.54, 1.807) is 0 Å². The zero-order chi connectivity index (χ0) is 19.0. The summed E-state index contributed by atoms with van der Waals surface area (Å²) in [4.78, 5) is 7.09. The van der Waals surface area contributed by atoms with Gasteiger partial charge < -0.3 is 9.67 Å². The Morgan fingerprint density at radius 1 is 1.15 bits per heavy atom. The minimum absolute atomic E-state index is 0.553. The zero-order valence-corrected chi connectivity index (χ0v) is 16.6. The van der Waals surface area contributed by atoms with Crippen LogP contribution in [0.25, 0.3) is 11.4 Å². The van der Waals surface area contributed by atoms with Crippen molar-refractivity contribution in [2.24, 2.45) is 7.05 Å². The van der Waals surface area contributed by atoms with Crippen molar-refractivity contribution in [3.8, 4) is 11.4 Å². The third kappa shape index (κ3) is 3.76. The van der Waals surface area contributed by atoms with Crippen molar-refractivity contribution in [3.63, 3.8) is 0 Å². The fraction of sp³-hybridized carbons (Fsp3) is 0.286. The van der Waals surface area contributed by atoms with E-state index in [1.807, 2.05) is 55.6 Å². The van der Waals surface area contributed by atoms with Crippen LogP contribution >= 0.6 is 23.2 Å². The summed E-state index contributed by atoms with van der Waals surface area (Å²) in [6, 6.07) is 15.2. The van der Waals surface area contributed by atoms with E-state index < -0.39 is 6.10 Å². The minimum Gasteiger partial charge on any atom is -0.387 e. The van der Waals surface area contributed by atoms with Gasteiger partial charge in [0.15, 0.2) is 0 Å². The Labute approximate surface area is 169 Å². The fourth-order valence-electron chi connectivity index (χ4n) is 3.69. The van der Waals surface area contributed by atoms with Gasteiger partial charge in [-0.15, -0.1) is 0 Å². The molecule has 1 unspecified atom stereocenters. The molecule has 1 aliphatic heterocycles. The molecule has 6 heteroatoms. The number of aromatic nitrogens is 2. The van der Waals surface area contributed by atoms with E-state index in [0.29, 0.717) is 23.1 Å². The van der Waals surface area contributed by atoms with E-state index in [-0.39, 0.29) is 0 Å². The van der Waals surface area contributed by atoms with Crippen LogP contribution in [-0.4, -0.2) is 32.6 Å². The summed E-state index contributed by atoms with van der Waals surface area (Å²) in [5.74, 6) is 0.892.